The third kappa shape index (κ3) is 9.02. The van der Waals surface area contributed by atoms with Crippen LogP contribution >= 0.6 is 0 Å². The summed E-state index contributed by atoms with van der Waals surface area (Å²) in [5.74, 6) is -8.53. The standard InChI is InChI=1S/C44H59N3O13/c1-21(2)20-45-43(55)59-39-24(5)28(56-10)14-17-58-44(9)41(53)31-29-30(36(50)27(8)40(31)60-44)37(51)32(33(38(29)52)47-15-18-57-19-16-47)46-42(54)23(4)13-11-12-22(3)34(48)25(6)35(49)26(39)7/h11-14,17,21-22,24-26,28,34-35,39,48-50H,15-16,18-20H2,1-10H3,(H,45,55)(H,46,54)/t22-,24+,25+,26+,28-,34-,35+,39+,44-/m0/s1. The first kappa shape index (κ1) is 46.0. The van der Waals surface area contributed by atoms with Gasteiger partial charge in [0.2, 0.25) is 11.6 Å². The minimum atomic E-state index is -2.09. The predicted octanol–water partition coefficient (Wildman–Crippen LogP) is 4.11. The number of benzene rings is 1. The quantitative estimate of drug-likeness (QED) is 0.282. The van der Waals surface area contributed by atoms with Crippen molar-refractivity contribution < 1.29 is 63.0 Å². The molecule has 328 valence electrons. The number of carbonyl (C=O) groups is 5. The van der Waals surface area contributed by atoms with Crippen molar-refractivity contribution in [3.8, 4) is 11.5 Å². The number of ketones is 3. The monoisotopic (exact) mass is 837 g/mol. The number of phenols is 1. The topological polar surface area (TPSA) is 219 Å². The second-order valence-electron chi connectivity index (χ2n) is 16.7. The number of allylic oxidation sites excluding steroid dienone is 4. The van der Waals surface area contributed by atoms with E-state index in [1.165, 1.54) is 46.3 Å². The number of aliphatic hydroxyl groups excluding tert-OH is 2. The molecule has 1 aromatic rings. The van der Waals surface area contributed by atoms with E-state index in [0.717, 1.165) is 0 Å². The van der Waals surface area contributed by atoms with E-state index in [-0.39, 0.29) is 71.6 Å². The van der Waals surface area contributed by atoms with Crippen molar-refractivity contribution in [3.63, 3.8) is 0 Å². The lowest BCUT2D eigenvalue weighted by Gasteiger charge is -2.38. The number of amides is 2. The molecule has 16 nitrogen and oxygen atoms in total. The predicted molar refractivity (Wildman–Crippen MR) is 218 cm³/mol. The van der Waals surface area contributed by atoms with Gasteiger partial charge in [-0.15, -0.1) is 0 Å². The average molecular weight is 838 g/mol. The van der Waals surface area contributed by atoms with E-state index in [1.54, 1.807) is 44.7 Å². The number of fused-ring (bicyclic) bond motifs is 14. The minimum absolute atomic E-state index is 0.000931. The lowest BCUT2D eigenvalue weighted by molar-refractivity contribution is -0.116. The molecule has 1 aromatic carbocycles. The van der Waals surface area contributed by atoms with E-state index in [9.17, 15) is 39.3 Å². The van der Waals surface area contributed by atoms with Crippen molar-refractivity contribution in [2.45, 2.75) is 92.5 Å². The van der Waals surface area contributed by atoms with E-state index in [1.807, 2.05) is 13.8 Å². The summed E-state index contributed by atoms with van der Waals surface area (Å²) in [4.78, 5) is 72.0. The number of nitrogens with one attached hydrogen (secondary N) is 2. The molecule has 0 spiro atoms. The third-order valence-electron chi connectivity index (χ3n) is 11.9. The maximum absolute atomic E-state index is 14.7. The molecule has 1 fully saturated rings. The first-order valence-corrected chi connectivity index (χ1v) is 20.4. The Kier molecular flexibility index (Phi) is 14.4. The van der Waals surface area contributed by atoms with Crippen molar-refractivity contribution >= 4 is 29.4 Å². The van der Waals surface area contributed by atoms with Gasteiger partial charge in [-0.05, 0) is 25.8 Å². The van der Waals surface area contributed by atoms with E-state index in [2.05, 4.69) is 10.6 Å². The Bertz CT molecular complexity index is 2000. The Morgan fingerprint density at radius 1 is 0.967 bits per heavy atom. The lowest BCUT2D eigenvalue weighted by Crippen LogP contribution is -2.48. The zero-order valence-corrected chi connectivity index (χ0v) is 36.0. The normalized spacial score (nSPS) is 30.6. The molecule has 60 heavy (non-hydrogen) atoms. The van der Waals surface area contributed by atoms with Crippen LogP contribution in [0.3, 0.4) is 0 Å². The fraction of sp³-hybridized carbons (Fsp3) is 0.568. The maximum Gasteiger partial charge on any atom is 0.407 e. The smallest absolute Gasteiger partial charge is 0.407 e. The van der Waals surface area contributed by atoms with E-state index >= 15 is 0 Å². The van der Waals surface area contributed by atoms with Gasteiger partial charge in [0.15, 0.2) is 0 Å². The number of phenolic OH excluding ortho intramolecular Hbond substituents is 1. The fourth-order valence-electron chi connectivity index (χ4n) is 8.03. The number of rotatable bonds is 5. The Morgan fingerprint density at radius 2 is 1.63 bits per heavy atom. The van der Waals surface area contributed by atoms with Crippen LogP contribution in [0.5, 0.6) is 11.5 Å². The molecular weight excluding hydrogens is 778 g/mol. The van der Waals surface area contributed by atoms with E-state index < -0.39 is 94.5 Å². The van der Waals surface area contributed by atoms with Crippen LogP contribution in [0.25, 0.3) is 0 Å². The Morgan fingerprint density at radius 3 is 2.27 bits per heavy atom. The van der Waals surface area contributed by atoms with Crippen molar-refractivity contribution in [1.29, 1.82) is 0 Å². The van der Waals surface area contributed by atoms with Crippen LogP contribution in [-0.2, 0) is 23.7 Å². The second-order valence-corrected chi connectivity index (χ2v) is 16.7. The highest BCUT2D eigenvalue weighted by atomic mass is 16.7. The summed E-state index contributed by atoms with van der Waals surface area (Å²) in [5, 5.41) is 40.0. The van der Waals surface area contributed by atoms with Crippen LogP contribution in [0.1, 0.15) is 92.0 Å². The minimum Gasteiger partial charge on any atom is -0.507 e. The molecule has 1 saturated heterocycles. The molecule has 0 unspecified atom stereocenters. The highest BCUT2D eigenvalue weighted by Gasteiger charge is 2.53. The molecule has 6 rings (SSSR count). The summed E-state index contributed by atoms with van der Waals surface area (Å²) in [7, 11) is 1.43. The Balaban J connectivity index is 1.64. The lowest BCUT2D eigenvalue weighted by atomic mass is 9.78. The number of aromatic hydroxyl groups is 1. The van der Waals surface area contributed by atoms with Crippen LogP contribution < -0.4 is 15.4 Å². The zero-order chi connectivity index (χ0) is 44.4. The largest absolute Gasteiger partial charge is 0.507 e. The van der Waals surface area contributed by atoms with Crippen LogP contribution in [0.4, 0.5) is 4.79 Å². The van der Waals surface area contributed by atoms with Crippen molar-refractivity contribution in [2.24, 2.45) is 29.6 Å². The number of alkyl carbamates (subject to hydrolysis) is 1. The number of hydrogen-bond donors (Lipinski definition) is 5. The number of nitrogens with zero attached hydrogens (tertiary/aromatic N) is 1. The van der Waals surface area contributed by atoms with Crippen LogP contribution in [0.15, 0.2) is 47.5 Å². The number of morpholine rings is 1. The summed E-state index contributed by atoms with van der Waals surface area (Å²) in [6, 6.07) is 0. The second kappa shape index (κ2) is 18.7. The van der Waals surface area contributed by atoms with Gasteiger partial charge in [-0.1, -0.05) is 59.8 Å². The number of hydrogen-bond acceptors (Lipinski definition) is 14. The molecule has 4 aliphatic heterocycles. The molecule has 0 radical (unpaired) electrons. The summed E-state index contributed by atoms with van der Waals surface area (Å²) >= 11 is 0. The van der Waals surface area contributed by atoms with Gasteiger partial charge in [-0.2, -0.15) is 0 Å². The third-order valence-corrected chi connectivity index (χ3v) is 11.9. The molecule has 4 heterocycles. The van der Waals surface area contributed by atoms with Gasteiger partial charge in [0, 0.05) is 68.5 Å². The van der Waals surface area contributed by atoms with Gasteiger partial charge in [0.05, 0.1) is 54.5 Å². The fourth-order valence-corrected chi connectivity index (χ4v) is 8.03. The summed E-state index contributed by atoms with van der Waals surface area (Å²) in [6.07, 6.45) is 2.60. The molecule has 2 amide bonds. The molecule has 5 N–H and O–H groups in total. The maximum atomic E-state index is 14.7. The molecule has 16 heteroatoms. The van der Waals surface area contributed by atoms with Crippen LogP contribution in [0.2, 0.25) is 0 Å². The van der Waals surface area contributed by atoms with Crippen molar-refractivity contribution in [3.05, 3.63) is 69.8 Å². The number of methoxy groups -OCH3 is 1. The Hall–Kier alpha value is -5.03. The number of ether oxygens (including phenoxy) is 5. The molecule has 5 bridgehead atoms. The van der Waals surface area contributed by atoms with Crippen LogP contribution in [-0.4, -0.2) is 120 Å². The number of aliphatic hydroxyl groups is 2. The first-order valence-electron chi connectivity index (χ1n) is 20.4. The molecular formula is C44H59N3O13. The summed E-state index contributed by atoms with van der Waals surface area (Å²) in [5.41, 5.74) is -1.49. The van der Waals surface area contributed by atoms with E-state index in [4.69, 9.17) is 23.7 Å². The first-order chi connectivity index (χ1) is 28.2. The van der Waals surface area contributed by atoms with Gasteiger partial charge in [0.1, 0.15) is 29.0 Å². The SMILES string of the molecule is CO[C@H]1C=CO[C@@]2(C)Oc3c(C)c(O)c4c(c3C2=O)C(=O)C(N2CCOCC2)=C(NC(=O)C(C)=CC=C[C@H](C)[C@H](O)[C@@H](C)[C@@H](O)[C@@H](C)[C@H](OC(=O)NCC(C)C)[C@@H]1C)C4=O. The van der Waals surface area contributed by atoms with Crippen molar-refractivity contribution in [2.75, 3.05) is 40.0 Å². The molecule has 0 saturated carbocycles. The highest BCUT2D eigenvalue weighted by Crippen LogP contribution is 2.49. The van der Waals surface area contributed by atoms with Gasteiger partial charge in [0.25, 0.3) is 11.7 Å². The molecule has 5 aliphatic rings. The van der Waals surface area contributed by atoms with Gasteiger partial charge in [-0.3, -0.25) is 19.2 Å². The van der Waals surface area contributed by atoms with Gasteiger partial charge >= 0.3 is 11.9 Å². The van der Waals surface area contributed by atoms with Gasteiger partial charge < -0.3 is 54.5 Å². The average Bonchev–Trinajstić information content (AvgIpc) is 3.48. The highest BCUT2D eigenvalue weighted by molar-refractivity contribution is 6.32. The summed E-state index contributed by atoms with van der Waals surface area (Å²) in [6.45, 7) is 16.2. The number of Topliss-reactive ketones (excluding diaryl/α,β-unsaturated/α-hetero) is 3. The number of carbonyl (C=O) groups excluding carboxylic acids is 5. The molecule has 1 aliphatic carbocycles. The van der Waals surface area contributed by atoms with Crippen molar-refractivity contribution in [1.82, 2.24) is 15.5 Å². The van der Waals surface area contributed by atoms with Gasteiger partial charge in [-0.25, -0.2) is 4.79 Å². The molecule has 0 aromatic heterocycles. The Labute approximate surface area is 350 Å². The van der Waals surface area contributed by atoms with E-state index in [0.29, 0.717) is 6.54 Å². The van der Waals surface area contributed by atoms with Crippen LogP contribution in [0, 0.1) is 36.5 Å². The molecule has 9 atom stereocenters. The zero-order valence-electron chi connectivity index (χ0n) is 36.0. The summed E-state index contributed by atoms with van der Waals surface area (Å²) < 4.78 is 29.4.